The van der Waals surface area contributed by atoms with Gasteiger partial charge in [0.25, 0.3) is 5.91 Å². The van der Waals surface area contributed by atoms with E-state index in [-0.39, 0.29) is 18.3 Å². The van der Waals surface area contributed by atoms with Crippen molar-refractivity contribution in [3.05, 3.63) is 98.0 Å². The lowest BCUT2D eigenvalue weighted by molar-refractivity contribution is 0.103. The van der Waals surface area contributed by atoms with Gasteiger partial charge in [0.1, 0.15) is 12.4 Å². The standard InChI is InChI=1S/C24H20ClF2N3O2S/c1-14-23(15(2)30(29-14)11-17-5-3-4-6-19(17)25)28-24(31)22-9-16(13-33-22)12-32-21-8-7-18(26)10-20(21)27/h3-10,13H,11-12H2,1-2H3,(H,28,31). The van der Waals surface area contributed by atoms with Crippen LogP contribution < -0.4 is 10.1 Å². The number of thiophene rings is 1. The summed E-state index contributed by atoms with van der Waals surface area (Å²) in [5, 5.41) is 9.89. The Morgan fingerprint density at radius 2 is 1.97 bits per heavy atom. The summed E-state index contributed by atoms with van der Waals surface area (Å²) in [6.45, 7) is 4.26. The Morgan fingerprint density at radius 1 is 1.18 bits per heavy atom. The molecular weight excluding hydrogens is 468 g/mol. The zero-order chi connectivity index (χ0) is 23.5. The van der Waals surface area contributed by atoms with Crippen LogP contribution in [0.3, 0.4) is 0 Å². The minimum absolute atomic E-state index is 0.0502. The molecule has 2 aromatic heterocycles. The Morgan fingerprint density at radius 3 is 2.73 bits per heavy atom. The maximum Gasteiger partial charge on any atom is 0.265 e. The number of aromatic nitrogens is 2. The second kappa shape index (κ2) is 9.72. The van der Waals surface area contributed by atoms with Crippen molar-refractivity contribution in [1.29, 1.82) is 0 Å². The number of halogens is 3. The Kier molecular flexibility index (Phi) is 6.76. The molecule has 4 rings (SSSR count). The van der Waals surface area contributed by atoms with E-state index in [9.17, 15) is 13.6 Å². The lowest BCUT2D eigenvalue weighted by atomic mass is 10.2. The number of carbonyl (C=O) groups is 1. The molecule has 0 aliphatic carbocycles. The number of hydrogen-bond donors (Lipinski definition) is 1. The summed E-state index contributed by atoms with van der Waals surface area (Å²) < 4.78 is 34.0. The molecule has 0 saturated carbocycles. The van der Waals surface area contributed by atoms with Gasteiger partial charge in [0.2, 0.25) is 0 Å². The summed E-state index contributed by atoms with van der Waals surface area (Å²) >= 11 is 7.51. The zero-order valence-corrected chi connectivity index (χ0v) is 19.4. The minimum Gasteiger partial charge on any atom is -0.486 e. The third-order valence-electron chi connectivity index (χ3n) is 5.06. The first-order chi connectivity index (χ1) is 15.8. The maximum atomic E-state index is 13.7. The van der Waals surface area contributed by atoms with Crippen molar-refractivity contribution in [2.75, 3.05) is 5.32 Å². The average molecular weight is 488 g/mol. The number of aryl methyl sites for hydroxylation is 1. The monoisotopic (exact) mass is 487 g/mol. The van der Waals surface area contributed by atoms with Crippen LogP contribution in [0.1, 0.15) is 32.2 Å². The van der Waals surface area contributed by atoms with E-state index in [1.807, 2.05) is 38.1 Å². The van der Waals surface area contributed by atoms with E-state index in [0.29, 0.717) is 33.4 Å². The Hall–Kier alpha value is -3.23. The quantitative estimate of drug-likeness (QED) is 0.329. The van der Waals surface area contributed by atoms with Gasteiger partial charge in [-0.15, -0.1) is 11.3 Å². The topological polar surface area (TPSA) is 56.2 Å². The molecule has 9 heteroatoms. The van der Waals surface area contributed by atoms with Gasteiger partial charge in [-0.3, -0.25) is 9.48 Å². The van der Waals surface area contributed by atoms with Gasteiger partial charge in [-0.05, 0) is 49.1 Å². The van der Waals surface area contributed by atoms with Crippen LogP contribution in [0, 0.1) is 25.5 Å². The van der Waals surface area contributed by atoms with Crippen LogP contribution in [-0.2, 0) is 13.2 Å². The maximum absolute atomic E-state index is 13.7. The van der Waals surface area contributed by atoms with Crippen molar-refractivity contribution in [3.8, 4) is 5.75 Å². The highest BCUT2D eigenvalue weighted by atomic mass is 35.5. The van der Waals surface area contributed by atoms with Gasteiger partial charge in [0.05, 0.1) is 28.5 Å². The van der Waals surface area contributed by atoms with E-state index < -0.39 is 11.6 Å². The van der Waals surface area contributed by atoms with E-state index in [1.165, 1.54) is 17.4 Å². The Balaban J connectivity index is 1.43. The number of benzene rings is 2. The first kappa shape index (κ1) is 22.9. The van der Waals surface area contributed by atoms with Crippen molar-refractivity contribution in [3.63, 3.8) is 0 Å². The molecule has 2 aromatic carbocycles. The fourth-order valence-corrected chi connectivity index (χ4v) is 4.31. The normalized spacial score (nSPS) is 10.9. The molecule has 33 heavy (non-hydrogen) atoms. The van der Waals surface area contributed by atoms with Crippen LogP contribution >= 0.6 is 22.9 Å². The summed E-state index contributed by atoms with van der Waals surface area (Å²) in [5.74, 6) is -1.77. The number of hydrogen-bond acceptors (Lipinski definition) is 4. The molecule has 0 radical (unpaired) electrons. The molecule has 0 unspecified atom stereocenters. The number of nitrogens with one attached hydrogen (secondary N) is 1. The lowest BCUT2D eigenvalue weighted by Crippen LogP contribution is -2.12. The Labute approximate surface area is 198 Å². The van der Waals surface area contributed by atoms with Gasteiger partial charge >= 0.3 is 0 Å². The predicted molar refractivity (Wildman–Crippen MR) is 125 cm³/mol. The molecule has 1 amide bonds. The third kappa shape index (κ3) is 5.23. The highest BCUT2D eigenvalue weighted by Gasteiger charge is 2.17. The van der Waals surface area contributed by atoms with Gasteiger partial charge in [0.15, 0.2) is 11.6 Å². The predicted octanol–water partition coefficient (Wildman–Crippen LogP) is 6.37. The smallest absolute Gasteiger partial charge is 0.265 e. The molecule has 0 fully saturated rings. The second-order valence-corrected chi connectivity index (χ2v) is 8.75. The fourth-order valence-electron chi connectivity index (χ4n) is 3.32. The van der Waals surface area contributed by atoms with Crippen LogP contribution in [0.15, 0.2) is 53.9 Å². The third-order valence-corrected chi connectivity index (χ3v) is 6.41. The van der Waals surface area contributed by atoms with E-state index in [4.69, 9.17) is 16.3 Å². The molecule has 4 aromatic rings. The van der Waals surface area contributed by atoms with E-state index in [2.05, 4.69) is 10.4 Å². The minimum atomic E-state index is -0.775. The molecule has 0 saturated heterocycles. The Bertz CT molecular complexity index is 1320. The van der Waals surface area contributed by atoms with Crippen molar-refractivity contribution in [2.45, 2.75) is 27.0 Å². The SMILES string of the molecule is Cc1nn(Cc2ccccc2Cl)c(C)c1NC(=O)c1cc(COc2ccc(F)cc2F)cs1. The summed E-state index contributed by atoms with van der Waals surface area (Å²) in [6, 6.07) is 12.3. The molecule has 170 valence electrons. The zero-order valence-electron chi connectivity index (χ0n) is 17.9. The van der Waals surface area contributed by atoms with Gasteiger partial charge in [0, 0.05) is 16.7 Å². The van der Waals surface area contributed by atoms with Crippen molar-refractivity contribution < 1.29 is 18.3 Å². The molecule has 0 spiro atoms. The summed E-state index contributed by atoms with van der Waals surface area (Å²) in [7, 11) is 0. The van der Waals surface area contributed by atoms with Gasteiger partial charge < -0.3 is 10.1 Å². The van der Waals surface area contributed by atoms with Crippen molar-refractivity contribution in [1.82, 2.24) is 9.78 Å². The number of nitrogens with zero attached hydrogens (tertiary/aromatic N) is 2. The number of ether oxygens (including phenoxy) is 1. The first-order valence-corrected chi connectivity index (χ1v) is 11.3. The highest BCUT2D eigenvalue weighted by Crippen LogP contribution is 2.25. The van der Waals surface area contributed by atoms with Crippen LogP contribution in [0.25, 0.3) is 0 Å². The largest absolute Gasteiger partial charge is 0.486 e. The number of rotatable bonds is 7. The van der Waals surface area contributed by atoms with Crippen molar-refractivity contribution >= 4 is 34.5 Å². The fraction of sp³-hybridized carbons (Fsp3) is 0.167. The molecule has 0 bridgehead atoms. The highest BCUT2D eigenvalue weighted by molar-refractivity contribution is 7.12. The van der Waals surface area contributed by atoms with Gasteiger partial charge in [-0.1, -0.05) is 29.8 Å². The average Bonchev–Trinajstić information content (AvgIpc) is 3.35. The van der Waals surface area contributed by atoms with Crippen LogP contribution in [0.5, 0.6) is 5.75 Å². The van der Waals surface area contributed by atoms with Crippen LogP contribution in [0.2, 0.25) is 5.02 Å². The van der Waals surface area contributed by atoms with E-state index in [1.54, 1.807) is 16.1 Å². The van der Waals surface area contributed by atoms with Crippen LogP contribution in [-0.4, -0.2) is 15.7 Å². The molecule has 0 atom stereocenters. The lowest BCUT2D eigenvalue weighted by Gasteiger charge is -2.08. The van der Waals surface area contributed by atoms with Gasteiger partial charge in [-0.25, -0.2) is 8.78 Å². The molecule has 0 aliphatic rings. The number of amides is 1. The second-order valence-electron chi connectivity index (χ2n) is 7.43. The summed E-state index contributed by atoms with van der Waals surface area (Å²) in [5.41, 5.74) is 3.79. The van der Waals surface area contributed by atoms with E-state index in [0.717, 1.165) is 23.4 Å². The molecule has 1 N–H and O–H groups in total. The van der Waals surface area contributed by atoms with Crippen molar-refractivity contribution in [2.24, 2.45) is 0 Å². The summed E-state index contributed by atoms with van der Waals surface area (Å²) in [4.78, 5) is 13.3. The number of carbonyl (C=O) groups excluding carboxylic acids is 1. The number of anilines is 1. The summed E-state index contributed by atoms with van der Waals surface area (Å²) in [6.07, 6.45) is 0. The molecular formula is C24H20ClF2N3O2S. The molecule has 2 heterocycles. The molecule has 0 aliphatic heterocycles. The van der Waals surface area contributed by atoms with E-state index >= 15 is 0 Å². The van der Waals surface area contributed by atoms with Gasteiger partial charge in [-0.2, -0.15) is 5.10 Å². The first-order valence-electron chi connectivity index (χ1n) is 10.1. The molecule has 5 nitrogen and oxygen atoms in total. The van der Waals surface area contributed by atoms with Crippen LogP contribution in [0.4, 0.5) is 14.5 Å².